The van der Waals surface area contributed by atoms with Crippen LogP contribution >= 0.6 is 0 Å². The summed E-state index contributed by atoms with van der Waals surface area (Å²) in [5.74, 6) is 0. The van der Waals surface area contributed by atoms with Gasteiger partial charge in [0.25, 0.3) is 6.43 Å². The molecule has 0 bridgehead atoms. The van der Waals surface area contributed by atoms with Crippen LogP contribution in [0.4, 0.5) is 8.78 Å². The van der Waals surface area contributed by atoms with Crippen LogP contribution in [0.5, 0.6) is 0 Å². The van der Waals surface area contributed by atoms with Crippen molar-refractivity contribution >= 4 is 0 Å². The van der Waals surface area contributed by atoms with E-state index in [1.54, 1.807) is 4.68 Å². The fourth-order valence-corrected chi connectivity index (χ4v) is 1.02. The van der Waals surface area contributed by atoms with Crippen molar-refractivity contribution in [3.63, 3.8) is 0 Å². The van der Waals surface area contributed by atoms with E-state index >= 15 is 0 Å². The molecule has 5 heteroatoms. The van der Waals surface area contributed by atoms with Gasteiger partial charge in [0.2, 0.25) is 0 Å². The smallest absolute Gasteiger partial charge is 0.250 e. The highest BCUT2D eigenvalue weighted by Crippen LogP contribution is 1.94. The van der Waals surface area contributed by atoms with Crippen LogP contribution in [0.1, 0.15) is 5.69 Å². The standard InChI is InChI=1S/C8H13F2N3/c1-13-5-3-7(12-13)2-4-11-6-8(9)10/h3,5,8,11H,2,4,6H2,1H3. The first-order valence-corrected chi connectivity index (χ1v) is 4.16. The van der Waals surface area contributed by atoms with E-state index in [0.717, 1.165) is 5.69 Å². The highest BCUT2D eigenvalue weighted by Gasteiger charge is 2.01. The number of halogens is 2. The normalized spacial score (nSPS) is 11.1. The predicted octanol–water partition coefficient (Wildman–Crippen LogP) is 0.817. The summed E-state index contributed by atoms with van der Waals surface area (Å²) in [5, 5.41) is 6.76. The van der Waals surface area contributed by atoms with Gasteiger partial charge in [-0.2, -0.15) is 5.10 Å². The Labute approximate surface area is 75.7 Å². The average Bonchev–Trinajstić information content (AvgIpc) is 2.45. The Morgan fingerprint density at radius 2 is 2.38 bits per heavy atom. The van der Waals surface area contributed by atoms with Gasteiger partial charge in [0, 0.05) is 26.2 Å². The van der Waals surface area contributed by atoms with E-state index in [4.69, 9.17) is 0 Å². The fraction of sp³-hybridized carbons (Fsp3) is 0.625. The third-order valence-corrected chi connectivity index (χ3v) is 1.63. The van der Waals surface area contributed by atoms with E-state index in [-0.39, 0.29) is 6.54 Å². The van der Waals surface area contributed by atoms with Crippen LogP contribution in [0.15, 0.2) is 12.3 Å². The molecule has 3 nitrogen and oxygen atoms in total. The first kappa shape index (κ1) is 10.1. The van der Waals surface area contributed by atoms with Gasteiger partial charge in [0.1, 0.15) is 0 Å². The van der Waals surface area contributed by atoms with Crippen molar-refractivity contribution in [3.8, 4) is 0 Å². The molecule has 1 rings (SSSR count). The molecule has 74 valence electrons. The summed E-state index contributed by atoms with van der Waals surface area (Å²) in [6.07, 6.45) is 0.249. The summed E-state index contributed by atoms with van der Waals surface area (Å²) in [6, 6.07) is 1.88. The molecule has 0 saturated carbocycles. The predicted molar refractivity (Wildman–Crippen MR) is 45.8 cm³/mol. The van der Waals surface area contributed by atoms with Crippen molar-refractivity contribution in [3.05, 3.63) is 18.0 Å². The second-order valence-corrected chi connectivity index (χ2v) is 2.83. The highest BCUT2D eigenvalue weighted by atomic mass is 19.3. The number of hydrogen-bond acceptors (Lipinski definition) is 2. The van der Waals surface area contributed by atoms with E-state index < -0.39 is 6.43 Å². The number of nitrogens with zero attached hydrogens (tertiary/aromatic N) is 2. The van der Waals surface area contributed by atoms with Gasteiger partial charge in [-0.1, -0.05) is 0 Å². The molecule has 0 aliphatic carbocycles. The Morgan fingerprint density at radius 1 is 1.62 bits per heavy atom. The lowest BCUT2D eigenvalue weighted by Gasteiger charge is -2.01. The summed E-state index contributed by atoms with van der Waals surface area (Å²) >= 11 is 0. The Hall–Kier alpha value is -0.970. The van der Waals surface area contributed by atoms with Gasteiger partial charge < -0.3 is 5.32 Å². The van der Waals surface area contributed by atoms with Crippen LogP contribution in [0, 0.1) is 0 Å². The Balaban J connectivity index is 2.13. The summed E-state index contributed by atoms with van der Waals surface area (Å²) in [4.78, 5) is 0. The minimum absolute atomic E-state index is 0.243. The van der Waals surface area contributed by atoms with Crippen molar-refractivity contribution in [2.45, 2.75) is 12.8 Å². The van der Waals surface area contributed by atoms with Gasteiger partial charge in [0.15, 0.2) is 0 Å². The topological polar surface area (TPSA) is 29.9 Å². The molecule has 13 heavy (non-hydrogen) atoms. The van der Waals surface area contributed by atoms with Gasteiger partial charge >= 0.3 is 0 Å². The summed E-state index contributed by atoms with van der Waals surface area (Å²) in [5.41, 5.74) is 0.921. The van der Waals surface area contributed by atoms with Crippen molar-refractivity contribution in [1.29, 1.82) is 0 Å². The monoisotopic (exact) mass is 189 g/mol. The second-order valence-electron chi connectivity index (χ2n) is 2.83. The lowest BCUT2D eigenvalue weighted by atomic mass is 10.3. The molecule has 0 saturated heterocycles. The van der Waals surface area contributed by atoms with Gasteiger partial charge in [-0.05, 0) is 6.07 Å². The molecule has 0 atom stereocenters. The number of nitrogens with one attached hydrogen (secondary N) is 1. The SMILES string of the molecule is Cn1ccc(CCNCC(F)F)n1. The van der Waals surface area contributed by atoms with Crippen LogP contribution in [-0.4, -0.2) is 29.3 Å². The molecule has 0 radical (unpaired) electrons. The van der Waals surface area contributed by atoms with Crippen molar-refractivity contribution < 1.29 is 8.78 Å². The molecule has 0 aliphatic rings. The van der Waals surface area contributed by atoms with Crippen LogP contribution < -0.4 is 5.32 Å². The lowest BCUT2D eigenvalue weighted by molar-refractivity contribution is 0.146. The molecular formula is C8H13F2N3. The van der Waals surface area contributed by atoms with Crippen LogP contribution in [0.25, 0.3) is 0 Å². The molecule has 1 aromatic rings. The van der Waals surface area contributed by atoms with E-state index in [2.05, 4.69) is 10.4 Å². The third kappa shape index (κ3) is 3.98. The Morgan fingerprint density at radius 3 is 2.92 bits per heavy atom. The molecule has 0 amide bonds. The van der Waals surface area contributed by atoms with Gasteiger partial charge in [-0.3, -0.25) is 4.68 Å². The Kier molecular flexibility index (Phi) is 3.82. The van der Waals surface area contributed by atoms with Crippen LogP contribution in [-0.2, 0) is 13.5 Å². The number of alkyl halides is 2. The van der Waals surface area contributed by atoms with E-state index in [9.17, 15) is 8.78 Å². The maximum Gasteiger partial charge on any atom is 0.250 e. The minimum Gasteiger partial charge on any atom is -0.311 e. The molecule has 0 aromatic carbocycles. The average molecular weight is 189 g/mol. The molecule has 0 aliphatic heterocycles. The van der Waals surface area contributed by atoms with Crippen LogP contribution in [0.3, 0.4) is 0 Å². The number of rotatable bonds is 5. The maximum absolute atomic E-state index is 11.7. The first-order valence-electron chi connectivity index (χ1n) is 4.16. The minimum atomic E-state index is -2.27. The van der Waals surface area contributed by atoms with E-state index in [0.29, 0.717) is 13.0 Å². The quantitative estimate of drug-likeness (QED) is 0.695. The molecule has 0 fully saturated rings. The van der Waals surface area contributed by atoms with Crippen molar-refractivity contribution in [1.82, 2.24) is 15.1 Å². The molecule has 0 spiro atoms. The van der Waals surface area contributed by atoms with E-state index in [1.165, 1.54) is 0 Å². The maximum atomic E-state index is 11.7. The number of hydrogen-bond donors (Lipinski definition) is 1. The summed E-state index contributed by atoms with van der Waals surface area (Å²) < 4.78 is 25.1. The van der Waals surface area contributed by atoms with Gasteiger partial charge in [-0.15, -0.1) is 0 Å². The zero-order chi connectivity index (χ0) is 9.68. The third-order valence-electron chi connectivity index (χ3n) is 1.63. The number of aromatic nitrogens is 2. The molecule has 1 aromatic heterocycles. The molecule has 1 N–H and O–H groups in total. The van der Waals surface area contributed by atoms with Gasteiger partial charge in [0.05, 0.1) is 12.2 Å². The zero-order valence-corrected chi connectivity index (χ0v) is 7.50. The van der Waals surface area contributed by atoms with Crippen molar-refractivity contribution in [2.24, 2.45) is 7.05 Å². The fourth-order valence-electron chi connectivity index (χ4n) is 1.02. The molecule has 0 unspecified atom stereocenters. The first-order chi connectivity index (χ1) is 6.18. The highest BCUT2D eigenvalue weighted by molar-refractivity contribution is 4.98. The lowest BCUT2D eigenvalue weighted by Crippen LogP contribution is -2.23. The Bertz CT molecular complexity index is 247. The second kappa shape index (κ2) is 4.91. The van der Waals surface area contributed by atoms with Crippen LogP contribution in [0.2, 0.25) is 0 Å². The van der Waals surface area contributed by atoms with Crippen molar-refractivity contribution in [2.75, 3.05) is 13.1 Å². The zero-order valence-electron chi connectivity index (χ0n) is 7.50. The summed E-state index contributed by atoms with van der Waals surface area (Å²) in [6.45, 7) is 0.300. The summed E-state index contributed by atoms with van der Waals surface area (Å²) in [7, 11) is 1.83. The van der Waals surface area contributed by atoms with Gasteiger partial charge in [-0.25, -0.2) is 8.78 Å². The van der Waals surface area contributed by atoms with E-state index in [1.807, 2.05) is 19.3 Å². The molecule has 1 heterocycles. The number of aryl methyl sites for hydroxylation is 1. The molecular weight excluding hydrogens is 176 g/mol. The largest absolute Gasteiger partial charge is 0.311 e.